The van der Waals surface area contributed by atoms with Gasteiger partial charge in [0.05, 0.1) is 26.0 Å². The van der Waals surface area contributed by atoms with Gasteiger partial charge in [0.25, 0.3) is 5.91 Å². The van der Waals surface area contributed by atoms with Crippen molar-refractivity contribution in [1.29, 1.82) is 0 Å². The molecule has 0 fully saturated rings. The second kappa shape index (κ2) is 7.16. The van der Waals surface area contributed by atoms with Gasteiger partial charge in [0, 0.05) is 29.6 Å². The van der Waals surface area contributed by atoms with Crippen molar-refractivity contribution in [3.05, 3.63) is 50.8 Å². The lowest BCUT2D eigenvalue weighted by molar-refractivity contribution is 0.0669. The van der Waals surface area contributed by atoms with Crippen molar-refractivity contribution < 1.29 is 14.3 Å². The van der Waals surface area contributed by atoms with Gasteiger partial charge in [-0.3, -0.25) is 9.48 Å². The first-order chi connectivity index (χ1) is 14.5. The Morgan fingerprint density at radius 1 is 1.17 bits per heavy atom. The smallest absolute Gasteiger partial charge is 0.275 e. The van der Waals surface area contributed by atoms with Crippen LogP contribution in [0.15, 0.2) is 23.6 Å². The van der Waals surface area contributed by atoms with Gasteiger partial charge in [0.15, 0.2) is 17.2 Å². The number of amides is 1. The fourth-order valence-corrected chi connectivity index (χ4v) is 5.74. The highest BCUT2D eigenvalue weighted by molar-refractivity contribution is 7.10. The molecule has 30 heavy (non-hydrogen) atoms. The van der Waals surface area contributed by atoms with E-state index < -0.39 is 0 Å². The highest BCUT2D eigenvalue weighted by Gasteiger charge is 2.34. The SMILES string of the molecule is COc1cc2c(cc1OC)[C@H](C)N(C(=O)c1nn(C)c3c1CCc1sccc1-3)CC2. The summed E-state index contributed by atoms with van der Waals surface area (Å²) < 4.78 is 12.8. The molecule has 0 radical (unpaired) electrons. The molecule has 0 saturated heterocycles. The molecule has 1 aromatic carbocycles. The predicted octanol–water partition coefficient (Wildman–Crippen LogP) is 4.02. The molecule has 5 rings (SSSR count). The average Bonchev–Trinajstić information content (AvgIpc) is 3.36. The van der Waals surface area contributed by atoms with Gasteiger partial charge in [0.1, 0.15) is 0 Å². The van der Waals surface area contributed by atoms with Crippen LogP contribution >= 0.6 is 11.3 Å². The molecule has 3 aromatic rings. The summed E-state index contributed by atoms with van der Waals surface area (Å²) in [4.78, 5) is 17.0. The van der Waals surface area contributed by atoms with Crippen LogP contribution in [0.5, 0.6) is 11.5 Å². The van der Waals surface area contributed by atoms with Gasteiger partial charge < -0.3 is 14.4 Å². The number of aromatic nitrogens is 2. The van der Waals surface area contributed by atoms with Crippen molar-refractivity contribution in [2.75, 3.05) is 20.8 Å². The van der Waals surface area contributed by atoms with Crippen LogP contribution in [0.4, 0.5) is 0 Å². The lowest BCUT2D eigenvalue weighted by Crippen LogP contribution is -2.39. The van der Waals surface area contributed by atoms with Gasteiger partial charge in [-0.1, -0.05) is 0 Å². The fraction of sp³-hybridized carbons (Fsp3) is 0.391. The maximum absolute atomic E-state index is 13.6. The quantitative estimate of drug-likeness (QED) is 0.638. The van der Waals surface area contributed by atoms with Crippen LogP contribution in [0.25, 0.3) is 11.3 Å². The molecule has 0 bridgehead atoms. The highest BCUT2D eigenvalue weighted by atomic mass is 32.1. The van der Waals surface area contributed by atoms with E-state index in [4.69, 9.17) is 9.47 Å². The standard InChI is InChI=1S/C23H25N3O3S/c1-13-17-12-19(29-4)18(28-3)11-14(17)7-9-26(13)23(27)21-16-5-6-20-15(8-10-30-20)22(16)25(2)24-21/h8,10-13H,5-7,9H2,1-4H3/t13-/m0/s1. The number of rotatable bonds is 3. The zero-order valence-corrected chi connectivity index (χ0v) is 18.5. The lowest BCUT2D eigenvalue weighted by Gasteiger charge is -2.35. The zero-order valence-electron chi connectivity index (χ0n) is 17.7. The lowest BCUT2D eigenvalue weighted by atomic mass is 9.91. The Morgan fingerprint density at radius 3 is 2.70 bits per heavy atom. The summed E-state index contributed by atoms with van der Waals surface area (Å²) in [5, 5.41) is 6.81. The molecule has 1 amide bonds. The molecule has 0 saturated carbocycles. The van der Waals surface area contributed by atoms with Gasteiger partial charge in [-0.25, -0.2) is 0 Å². The zero-order chi connectivity index (χ0) is 21.0. The largest absolute Gasteiger partial charge is 0.493 e. The number of thiophene rings is 1. The molecular weight excluding hydrogens is 398 g/mol. The summed E-state index contributed by atoms with van der Waals surface area (Å²) in [5.41, 5.74) is 6.31. The van der Waals surface area contributed by atoms with Crippen molar-refractivity contribution in [3.8, 4) is 22.8 Å². The summed E-state index contributed by atoms with van der Waals surface area (Å²) in [5.74, 6) is 1.43. The first-order valence-electron chi connectivity index (χ1n) is 10.2. The maximum atomic E-state index is 13.6. The number of fused-ring (bicyclic) bond motifs is 4. The Balaban J connectivity index is 1.51. The average molecular weight is 424 g/mol. The monoisotopic (exact) mass is 423 g/mol. The summed E-state index contributed by atoms with van der Waals surface area (Å²) in [7, 11) is 5.23. The number of carbonyl (C=O) groups is 1. The number of carbonyl (C=O) groups excluding carboxylic acids is 1. The summed E-state index contributed by atoms with van der Waals surface area (Å²) in [6.07, 6.45) is 2.62. The molecule has 3 heterocycles. The predicted molar refractivity (Wildman–Crippen MR) is 117 cm³/mol. The molecule has 1 aliphatic carbocycles. The van der Waals surface area contributed by atoms with E-state index in [-0.39, 0.29) is 11.9 Å². The Hall–Kier alpha value is -2.80. The van der Waals surface area contributed by atoms with E-state index in [1.807, 2.05) is 28.8 Å². The summed E-state index contributed by atoms with van der Waals surface area (Å²) in [6, 6.07) is 6.13. The third kappa shape index (κ3) is 2.75. The van der Waals surface area contributed by atoms with Crippen LogP contribution in [0.3, 0.4) is 0 Å². The van der Waals surface area contributed by atoms with Crippen molar-refractivity contribution in [2.45, 2.75) is 32.2 Å². The minimum Gasteiger partial charge on any atom is -0.493 e. The van der Waals surface area contributed by atoms with E-state index in [2.05, 4.69) is 23.5 Å². The second-order valence-corrected chi connectivity index (χ2v) is 8.89. The molecule has 0 spiro atoms. The summed E-state index contributed by atoms with van der Waals surface area (Å²) >= 11 is 1.78. The van der Waals surface area contributed by atoms with Gasteiger partial charge in [0.2, 0.25) is 0 Å². The molecule has 1 atom stereocenters. The first kappa shape index (κ1) is 19.2. The Kier molecular flexibility index (Phi) is 4.58. The van der Waals surface area contributed by atoms with E-state index >= 15 is 0 Å². The van der Waals surface area contributed by atoms with Crippen LogP contribution in [0.1, 0.15) is 45.0 Å². The maximum Gasteiger partial charge on any atom is 0.275 e. The second-order valence-electron chi connectivity index (χ2n) is 7.89. The molecular formula is C23H25N3O3S. The fourth-order valence-electron chi connectivity index (χ4n) is 4.86. The van der Waals surface area contributed by atoms with Gasteiger partial charge in [-0.2, -0.15) is 5.10 Å². The third-order valence-electron chi connectivity index (χ3n) is 6.40. The van der Waals surface area contributed by atoms with Crippen LogP contribution in [-0.2, 0) is 26.3 Å². The number of benzene rings is 1. The van der Waals surface area contributed by atoms with E-state index in [1.165, 1.54) is 16.0 Å². The number of hydrogen-bond acceptors (Lipinski definition) is 5. The number of aryl methyl sites for hydroxylation is 2. The van der Waals surface area contributed by atoms with Crippen LogP contribution in [0.2, 0.25) is 0 Å². The van der Waals surface area contributed by atoms with Gasteiger partial charge in [-0.15, -0.1) is 11.3 Å². The number of methoxy groups -OCH3 is 2. The van der Waals surface area contributed by atoms with Crippen molar-refractivity contribution in [3.63, 3.8) is 0 Å². The molecule has 1 aliphatic heterocycles. The number of ether oxygens (including phenoxy) is 2. The Morgan fingerprint density at radius 2 is 1.93 bits per heavy atom. The molecule has 156 valence electrons. The minimum atomic E-state index is -0.0565. The van der Waals surface area contributed by atoms with Crippen LogP contribution in [0, 0.1) is 0 Å². The summed E-state index contributed by atoms with van der Waals surface area (Å²) in [6.45, 7) is 2.74. The Labute approximate surface area is 180 Å². The highest BCUT2D eigenvalue weighted by Crippen LogP contribution is 2.41. The van der Waals surface area contributed by atoms with Crippen molar-refractivity contribution >= 4 is 17.2 Å². The van der Waals surface area contributed by atoms with Crippen LogP contribution in [-0.4, -0.2) is 41.4 Å². The Bertz CT molecular complexity index is 1150. The minimum absolute atomic E-state index is 0.0125. The first-order valence-corrected chi connectivity index (χ1v) is 11.1. The van der Waals surface area contributed by atoms with Gasteiger partial charge in [-0.05, 0) is 60.9 Å². The van der Waals surface area contributed by atoms with E-state index in [0.29, 0.717) is 18.0 Å². The molecule has 7 heteroatoms. The van der Waals surface area contributed by atoms with Crippen LogP contribution < -0.4 is 9.47 Å². The topological polar surface area (TPSA) is 56.6 Å². The number of nitrogens with zero attached hydrogens (tertiary/aromatic N) is 3. The molecule has 0 unspecified atom stereocenters. The van der Waals surface area contributed by atoms with E-state index in [0.717, 1.165) is 41.8 Å². The molecule has 0 N–H and O–H groups in total. The molecule has 2 aliphatic rings. The van der Waals surface area contributed by atoms with Crippen molar-refractivity contribution in [2.24, 2.45) is 7.05 Å². The van der Waals surface area contributed by atoms with E-state index in [9.17, 15) is 4.79 Å². The molecule has 6 nitrogen and oxygen atoms in total. The van der Waals surface area contributed by atoms with Gasteiger partial charge >= 0.3 is 0 Å². The normalized spacial score (nSPS) is 17.2. The molecule has 2 aromatic heterocycles. The van der Waals surface area contributed by atoms with E-state index in [1.54, 1.807) is 25.6 Å². The number of hydrogen-bond donors (Lipinski definition) is 0. The third-order valence-corrected chi connectivity index (χ3v) is 7.38. The van der Waals surface area contributed by atoms with Crippen molar-refractivity contribution in [1.82, 2.24) is 14.7 Å².